The Bertz CT molecular complexity index is 1080. The SMILES string of the molecule is Cc1cc(-c2cc(O)c(N3CC(=O)NS3(=O)=O)c(F)c2)cnc1NC1CCCCC1. The molecule has 2 heterocycles. The fourth-order valence-corrected chi connectivity index (χ4v) is 5.14. The molecule has 8 nitrogen and oxygen atoms in total. The predicted octanol–water partition coefficient (Wildman–Crippen LogP) is 2.83. The van der Waals surface area contributed by atoms with Gasteiger partial charge in [-0.3, -0.25) is 4.79 Å². The third-order valence-electron chi connectivity index (χ3n) is 5.47. The molecule has 0 radical (unpaired) electrons. The second-order valence-electron chi connectivity index (χ2n) is 7.73. The van der Waals surface area contributed by atoms with Crippen molar-refractivity contribution in [1.82, 2.24) is 9.71 Å². The molecule has 0 bridgehead atoms. The van der Waals surface area contributed by atoms with Crippen LogP contribution in [0.3, 0.4) is 0 Å². The van der Waals surface area contributed by atoms with Crippen molar-refractivity contribution in [3.05, 3.63) is 35.8 Å². The van der Waals surface area contributed by atoms with Crippen LogP contribution < -0.4 is 14.3 Å². The van der Waals surface area contributed by atoms with Gasteiger partial charge in [0.15, 0.2) is 5.82 Å². The molecule has 1 aromatic carbocycles. The van der Waals surface area contributed by atoms with Crippen molar-refractivity contribution in [2.24, 2.45) is 0 Å². The third kappa shape index (κ3) is 3.91. The molecule has 1 saturated heterocycles. The average Bonchev–Trinajstić information content (AvgIpc) is 2.95. The summed E-state index contributed by atoms with van der Waals surface area (Å²) < 4.78 is 41.0. The van der Waals surface area contributed by atoms with Crippen LogP contribution in [0.25, 0.3) is 11.1 Å². The maximum Gasteiger partial charge on any atom is 0.326 e. The van der Waals surface area contributed by atoms with Crippen LogP contribution in [0.4, 0.5) is 15.9 Å². The number of rotatable bonds is 4. The van der Waals surface area contributed by atoms with E-state index in [2.05, 4.69) is 10.3 Å². The number of hydrogen-bond acceptors (Lipinski definition) is 6. The maximum absolute atomic E-state index is 14.8. The van der Waals surface area contributed by atoms with Gasteiger partial charge in [0.25, 0.3) is 5.91 Å². The number of pyridine rings is 1. The minimum atomic E-state index is -4.23. The van der Waals surface area contributed by atoms with Gasteiger partial charge < -0.3 is 10.4 Å². The second-order valence-corrected chi connectivity index (χ2v) is 9.33. The number of carbonyl (C=O) groups excluding carboxylic acids is 1. The van der Waals surface area contributed by atoms with Crippen molar-refractivity contribution in [3.63, 3.8) is 0 Å². The Kier molecular flexibility index (Phi) is 5.27. The van der Waals surface area contributed by atoms with Crippen LogP contribution in [0, 0.1) is 12.7 Å². The Morgan fingerprint density at radius 3 is 2.53 bits per heavy atom. The van der Waals surface area contributed by atoms with Crippen molar-refractivity contribution in [1.29, 1.82) is 0 Å². The minimum absolute atomic E-state index is 0.351. The van der Waals surface area contributed by atoms with Crippen molar-refractivity contribution >= 4 is 27.6 Å². The maximum atomic E-state index is 14.8. The summed E-state index contributed by atoms with van der Waals surface area (Å²) in [6, 6.07) is 4.62. The predicted molar refractivity (Wildman–Crippen MR) is 111 cm³/mol. The smallest absolute Gasteiger partial charge is 0.326 e. The standard InChI is InChI=1S/C20H23FN4O4S/c1-12-7-14(10-22-20(12)23-15-5-3-2-4-6-15)13-8-16(21)19(17(26)9-13)25-11-18(27)24-30(25,28)29/h7-10,15,26H,2-6,11H2,1H3,(H,22,23)(H,24,27). The highest BCUT2D eigenvalue weighted by molar-refractivity contribution is 7.92. The van der Waals surface area contributed by atoms with E-state index in [4.69, 9.17) is 0 Å². The van der Waals surface area contributed by atoms with Crippen molar-refractivity contribution < 1.29 is 22.7 Å². The van der Waals surface area contributed by atoms with Crippen LogP contribution >= 0.6 is 0 Å². The van der Waals surface area contributed by atoms with E-state index in [0.717, 1.165) is 30.3 Å². The third-order valence-corrected chi connectivity index (χ3v) is 6.85. The molecule has 10 heteroatoms. The fourth-order valence-electron chi connectivity index (χ4n) is 3.97. The first-order chi connectivity index (χ1) is 14.2. The van der Waals surface area contributed by atoms with Gasteiger partial charge in [-0.2, -0.15) is 8.42 Å². The largest absolute Gasteiger partial charge is 0.506 e. The molecular formula is C20H23FN4O4S. The minimum Gasteiger partial charge on any atom is -0.506 e. The van der Waals surface area contributed by atoms with E-state index in [1.54, 1.807) is 10.9 Å². The van der Waals surface area contributed by atoms with E-state index in [9.17, 15) is 22.7 Å². The first-order valence-electron chi connectivity index (χ1n) is 9.84. The molecule has 1 aliphatic carbocycles. The van der Waals surface area contributed by atoms with E-state index in [1.807, 2.05) is 13.0 Å². The number of nitrogens with zero attached hydrogens (tertiary/aromatic N) is 2. The number of aromatic nitrogens is 1. The number of aryl methyl sites for hydroxylation is 1. The first-order valence-corrected chi connectivity index (χ1v) is 11.3. The molecule has 1 aliphatic heterocycles. The molecule has 1 aromatic heterocycles. The molecule has 160 valence electrons. The number of phenols is 1. The summed E-state index contributed by atoms with van der Waals surface area (Å²) >= 11 is 0. The lowest BCUT2D eigenvalue weighted by atomic mass is 9.95. The Morgan fingerprint density at radius 2 is 1.93 bits per heavy atom. The number of benzene rings is 1. The molecule has 0 unspecified atom stereocenters. The van der Waals surface area contributed by atoms with Crippen LogP contribution in [0.5, 0.6) is 5.75 Å². The van der Waals surface area contributed by atoms with Crippen LogP contribution in [0.1, 0.15) is 37.7 Å². The van der Waals surface area contributed by atoms with E-state index in [1.165, 1.54) is 25.3 Å². The molecule has 0 atom stereocenters. The Labute approximate surface area is 174 Å². The number of nitrogens with one attached hydrogen (secondary N) is 2. The Morgan fingerprint density at radius 1 is 1.20 bits per heavy atom. The van der Waals surface area contributed by atoms with Crippen LogP contribution in [0.15, 0.2) is 24.4 Å². The van der Waals surface area contributed by atoms with Gasteiger partial charge in [-0.05, 0) is 49.1 Å². The molecule has 0 spiro atoms. The highest BCUT2D eigenvalue weighted by Crippen LogP contribution is 2.37. The lowest BCUT2D eigenvalue weighted by molar-refractivity contribution is -0.117. The second kappa shape index (κ2) is 7.75. The van der Waals surface area contributed by atoms with Crippen LogP contribution in [-0.4, -0.2) is 37.0 Å². The molecule has 4 rings (SSSR count). The summed E-state index contributed by atoms with van der Waals surface area (Å²) in [4.78, 5) is 15.9. The zero-order valence-corrected chi connectivity index (χ0v) is 17.3. The monoisotopic (exact) mass is 434 g/mol. The zero-order chi connectivity index (χ0) is 21.5. The molecular weight excluding hydrogens is 411 g/mol. The average molecular weight is 434 g/mol. The summed E-state index contributed by atoms with van der Waals surface area (Å²) in [6.07, 6.45) is 7.47. The quantitative estimate of drug-likeness (QED) is 0.682. The number of aromatic hydroxyl groups is 1. The number of hydrogen-bond donors (Lipinski definition) is 3. The van der Waals surface area contributed by atoms with Crippen molar-refractivity contribution in [2.45, 2.75) is 45.1 Å². The summed E-state index contributed by atoms with van der Waals surface area (Å²) in [7, 11) is -4.23. The molecule has 2 aromatic rings. The molecule has 30 heavy (non-hydrogen) atoms. The van der Waals surface area contributed by atoms with Gasteiger partial charge in [0.1, 0.15) is 23.8 Å². The Balaban J connectivity index is 1.62. The normalized spacial score (nSPS) is 19.0. The van der Waals surface area contributed by atoms with Gasteiger partial charge in [0, 0.05) is 17.8 Å². The Hall–Kier alpha value is -2.88. The van der Waals surface area contributed by atoms with Crippen LogP contribution in [-0.2, 0) is 15.0 Å². The van der Waals surface area contributed by atoms with Crippen LogP contribution in [0.2, 0.25) is 0 Å². The summed E-state index contributed by atoms with van der Waals surface area (Å²) in [5.74, 6) is -1.54. The number of phenolic OH excluding ortho intramolecular Hbond substituents is 1. The summed E-state index contributed by atoms with van der Waals surface area (Å²) in [5, 5.41) is 13.8. The van der Waals surface area contributed by atoms with E-state index < -0.39 is 39.9 Å². The fraction of sp³-hybridized carbons (Fsp3) is 0.400. The molecule has 1 saturated carbocycles. The number of anilines is 2. The van der Waals surface area contributed by atoms with Gasteiger partial charge in [0.05, 0.1) is 0 Å². The van der Waals surface area contributed by atoms with Crippen molar-refractivity contribution in [2.75, 3.05) is 16.2 Å². The highest BCUT2D eigenvalue weighted by atomic mass is 32.2. The van der Waals surface area contributed by atoms with Gasteiger partial charge in [-0.25, -0.2) is 18.4 Å². The van der Waals surface area contributed by atoms with E-state index >= 15 is 0 Å². The first kappa shape index (κ1) is 20.4. The number of amides is 1. The van der Waals surface area contributed by atoms with E-state index in [-0.39, 0.29) is 0 Å². The lowest BCUT2D eigenvalue weighted by Crippen LogP contribution is -2.30. The summed E-state index contributed by atoms with van der Waals surface area (Å²) in [5.41, 5.74) is 1.27. The van der Waals surface area contributed by atoms with Gasteiger partial charge in [0.2, 0.25) is 0 Å². The van der Waals surface area contributed by atoms with Crippen molar-refractivity contribution in [3.8, 4) is 16.9 Å². The number of halogens is 1. The topological polar surface area (TPSA) is 112 Å². The molecule has 3 N–H and O–H groups in total. The van der Waals surface area contributed by atoms with Gasteiger partial charge in [-0.15, -0.1) is 0 Å². The highest BCUT2D eigenvalue weighted by Gasteiger charge is 2.37. The zero-order valence-electron chi connectivity index (χ0n) is 16.5. The molecule has 2 fully saturated rings. The molecule has 2 aliphatic rings. The van der Waals surface area contributed by atoms with E-state index in [0.29, 0.717) is 21.5 Å². The van der Waals surface area contributed by atoms with Gasteiger partial charge in [-0.1, -0.05) is 19.3 Å². The summed E-state index contributed by atoms with van der Waals surface area (Å²) in [6.45, 7) is 1.31. The number of carbonyl (C=O) groups is 1. The lowest BCUT2D eigenvalue weighted by Gasteiger charge is -2.24. The molecule has 1 amide bonds. The van der Waals surface area contributed by atoms with Gasteiger partial charge >= 0.3 is 10.2 Å².